The van der Waals surface area contributed by atoms with Gasteiger partial charge in [0.25, 0.3) is 5.69 Å². The third kappa shape index (κ3) is 3.81. The molecule has 3 N–H and O–H groups in total. The number of aromatic nitrogens is 2. The van der Waals surface area contributed by atoms with Gasteiger partial charge in [0.05, 0.1) is 23.3 Å². The second-order valence-corrected chi connectivity index (χ2v) is 5.06. The first kappa shape index (κ1) is 17.7. The van der Waals surface area contributed by atoms with Crippen LogP contribution in [0.4, 0.5) is 15.9 Å². The highest BCUT2D eigenvalue weighted by molar-refractivity contribution is 5.40. The average Bonchev–Trinajstić information content (AvgIpc) is 2.60. The highest BCUT2D eigenvalue weighted by atomic mass is 19.1. The molecule has 0 aliphatic carbocycles. The van der Waals surface area contributed by atoms with E-state index in [0.717, 1.165) is 0 Å². The molecule has 0 saturated carbocycles. The Morgan fingerprint density at radius 1 is 1.33 bits per heavy atom. The number of aryl methyl sites for hydroxylation is 1. The van der Waals surface area contributed by atoms with Crippen LogP contribution in [-0.4, -0.2) is 37.8 Å². The van der Waals surface area contributed by atoms with Gasteiger partial charge in [-0.25, -0.2) is 14.4 Å². The summed E-state index contributed by atoms with van der Waals surface area (Å²) in [6, 6.07) is 4.29. The molecule has 9 heteroatoms. The lowest BCUT2D eigenvalue weighted by Gasteiger charge is -2.23. The number of anilines is 1. The molecule has 2 aromatic rings. The quantitative estimate of drug-likeness (QED) is 0.518. The summed E-state index contributed by atoms with van der Waals surface area (Å²) in [7, 11) is 0. The van der Waals surface area contributed by atoms with Crippen molar-refractivity contribution in [2.24, 2.45) is 0 Å². The number of hydrogen-bond acceptors (Lipinski definition) is 7. The number of rotatable bonds is 7. The molecule has 128 valence electrons. The lowest BCUT2D eigenvalue weighted by Crippen LogP contribution is -2.32. The van der Waals surface area contributed by atoms with Gasteiger partial charge in [-0.3, -0.25) is 10.1 Å². The van der Waals surface area contributed by atoms with Gasteiger partial charge in [-0.2, -0.15) is 0 Å². The van der Waals surface area contributed by atoms with Crippen LogP contribution in [0.5, 0.6) is 0 Å². The van der Waals surface area contributed by atoms with Gasteiger partial charge >= 0.3 is 0 Å². The summed E-state index contributed by atoms with van der Waals surface area (Å²) < 4.78 is 14.2. The molecular weight excluding hydrogens is 319 g/mol. The summed E-state index contributed by atoms with van der Waals surface area (Å²) in [5, 5.41) is 33.1. The molecule has 0 aliphatic rings. The summed E-state index contributed by atoms with van der Waals surface area (Å²) in [6.07, 6.45) is 0.351. The van der Waals surface area contributed by atoms with E-state index in [2.05, 4.69) is 15.3 Å². The number of nitrogens with one attached hydrogen (secondary N) is 1. The molecule has 1 aromatic carbocycles. The number of hydrogen-bond donors (Lipinski definition) is 3. The average molecular weight is 336 g/mol. The van der Waals surface area contributed by atoms with Crippen molar-refractivity contribution in [3.05, 3.63) is 57.8 Å². The lowest BCUT2D eigenvalue weighted by atomic mass is 10.0. The van der Waals surface area contributed by atoms with E-state index < -0.39 is 29.5 Å². The van der Waals surface area contributed by atoms with E-state index >= 15 is 0 Å². The number of halogens is 1. The Bertz CT molecular complexity index is 711. The van der Waals surface area contributed by atoms with Crippen molar-refractivity contribution >= 4 is 11.5 Å². The van der Waals surface area contributed by atoms with Gasteiger partial charge in [0, 0.05) is 12.1 Å². The zero-order valence-corrected chi connectivity index (χ0v) is 12.9. The van der Waals surface area contributed by atoms with E-state index in [1.54, 1.807) is 6.92 Å². The standard InChI is InChI=1S/C15H17FN4O4/c1-2-11-13(16)15(18-8-17-11)19-12(7-21)14(22)9-3-5-10(6-4-9)20(23)24/h3-6,8,12,14,21-22H,2,7H2,1H3,(H,17,18,19). The van der Waals surface area contributed by atoms with Crippen LogP contribution < -0.4 is 5.32 Å². The molecule has 0 spiro atoms. The van der Waals surface area contributed by atoms with Gasteiger partial charge in [-0.1, -0.05) is 6.92 Å². The Balaban J connectivity index is 2.20. The fourth-order valence-corrected chi connectivity index (χ4v) is 2.18. The minimum absolute atomic E-state index is 0.117. The maximum Gasteiger partial charge on any atom is 0.269 e. The van der Waals surface area contributed by atoms with Crippen molar-refractivity contribution < 1.29 is 19.5 Å². The van der Waals surface area contributed by atoms with Crippen LogP contribution in [0.3, 0.4) is 0 Å². The maximum atomic E-state index is 14.2. The first-order valence-electron chi connectivity index (χ1n) is 7.27. The van der Waals surface area contributed by atoms with Crippen LogP contribution in [0.2, 0.25) is 0 Å². The summed E-state index contributed by atoms with van der Waals surface area (Å²) >= 11 is 0. The van der Waals surface area contributed by atoms with E-state index in [0.29, 0.717) is 12.0 Å². The maximum absolute atomic E-state index is 14.2. The highest BCUT2D eigenvalue weighted by Gasteiger charge is 2.23. The SMILES string of the molecule is CCc1ncnc(NC(CO)C(O)c2ccc([N+](=O)[O-])cc2)c1F. The van der Waals surface area contributed by atoms with Crippen LogP contribution in [0.1, 0.15) is 24.3 Å². The second-order valence-electron chi connectivity index (χ2n) is 5.06. The predicted molar refractivity (Wildman–Crippen MR) is 83.9 cm³/mol. The third-order valence-electron chi connectivity index (χ3n) is 3.54. The zero-order chi connectivity index (χ0) is 17.7. The van der Waals surface area contributed by atoms with Crippen molar-refractivity contribution in [2.75, 3.05) is 11.9 Å². The van der Waals surface area contributed by atoms with Crippen molar-refractivity contribution in [3.8, 4) is 0 Å². The van der Waals surface area contributed by atoms with Crippen LogP contribution in [0, 0.1) is 15.9 Å². The first-order valence-corrected chi connectivity index (χ1v) is 7.27. The molecule has 2 atom stereocenters. The molecule has 0 fully saturated rings. The molecule has 8 nitrogen and oxygen atoms in total. The Hall–Kier alpha value is -2.65. The van der Waals surface area contributed by atoms with Gasteiger partial charge in [-0.15, -0.1) is 0 Å². The van der Waals surface area contributed by atoms with E-state index in [-0.39, 0.29) is 17.2 Å². The molecule has 0 saturated heterocycles. The molecule has 2 rings (SSSR count). The van der Waals surface area contributed by atoms with Crippen LogP contribution in [-0.2, 0) is 6.42 Å². The molecule has 1 heterocycles. The summed E-state index contributed by atoms with van der Waals surface area (Å²) in [6.45, 7) is 1.24. The fourth-order valence-electron chi connectivity index (χ4n) is 2.18. The minimum Gasteiger partial charge on any atom is -0.394 e. The molecule has 24 heavy (non-hydrogen) atoms. The Morgan fingerprint density at radius 2 is 2.00 bits per heavy atom. The van der Waals surface area contributed by atoms with Gasteiger partial charge in [0.2, 0.25) is 0 Å². The fraction of sp³-hybridized carbons (Fsp3) is 0.333. The van der Waals surface area contributed by atoms with E-state index in [9.17, 15) is 24.7 Å². The molecule has 1 aromatic heterocycles. The van der Waals surface area contributed by atoms with E-state index in [4.69, 9.17) is 0 Å². The summed E-state index contributed by atoms with van der Waals surface area (Å²) in [5.41, 5.74) is 0.445. The topological polar surface area (TPSA) is 121 Å². The smallest absolute Gasteiger partial charge is 0.269 e. The van der Waals surface area contributed by atoms with Crippen molar-refractivity contribution in [1.82, 2.24) is 9.97 Å². The molecule has 0 bridgehead atoms. The second kappa shape index (κ2) is 7.75. The molecule has 0 aliphatic heterocycles. The van der Waals surface area contributed by atoms with Crippen LogP contribution >= 0.6 is 0 Å². The monoisotopic (exact) mass is 336 g/mol. The summed E-state index contributed by atoms with van der Waals surface area (Å²) in [4.78, 5) is 17.7. The zero-order valence-electron chi connectivity index (χ0n) is 12.9. The largest absolute Gasteiger partial charge is 0.394 e. The molecule has 2 unspecified atom stereocenters. The van der Waals surface area contributed by atoms with Gasteiger partial charge in [0.1, 0.15) is 12.4 Å². The number of aliphatic hydroxyl groups excluding tert-OH is 2. The number of aliphatic hydroxyl groups is 2. The molecular formula is C15H17FN4O4. The number of benzene rings is 1. The predicted octanol–water partition coefficient (Wildman–Crippen LogP) is 1.59. The van der Waals surface area contributed by atoms with Gasteiger partial charge in [0.15, 0.2) is 11.6 Å². The normalized spacial score (nSPS) is 13.3. The van der Waals surface area contributed by atoms with E-state index in [1.807, 2.05) is 0 Å². The third-order valence-corrected chi connectivity index (χ3v) is 3.54. The molecule has 0 radical (unpaired) electrons. The number of non-ortho nitro benzene ring substituents is 1. The Labute approximate surface area is 137 Å². The minimum atomic E-state index is -1.21. The number of nitro benzene ring substituents is 1. The van der Waals surface area contributed by atoms with Crippen molar-refractivity contribution in [1.29, 1.82) is 0 Å². The van der Waals surface area contributed by atoms with Crippen LogP contribution in [0.25, 0.3) is 0 Å². The first-order chi connectivity index (χ1) is 11.5. The van der Waals surface area contributed by atoms with Crippen LogP contribution in [0.15, 0.2) is 30.6 Å². The van der Waals surface area contributed by atoms with Gasteiger partial charge in [-0.05, 0) is 24.1 Å². The van der Waals surface area contributed by atoms with Gasteiger partial charge < -0.3 is 15.5 Å². The van der Waals surface area contributed by atoms with E-state index in [1.165, 1.54) is 30.6 Å². The molecule has 0 amide bonds. The van der Waals surface area contributed by atoms with Crippen molar-refractivity contribution in [3.63, 3.8) is 0 Å². The lowest BCUT2D eigenvalue weighted by molar-refractivity contribution is -0.384. The Kier molecular flexibility index (Phi) is 5.72. The Morgan fingerprint density at radius 3 is 2.54 bits per heavy atom. The number of nitro groups is 1. The van der Waals surface area contributed by atoms with Crippen molar-refractivity contribution in [2.45, 2.75) is 25.5 Å². The highest BCUT2D eigenvalue weighted by Crippen LogP contribution is 2.23. The summed E-state index contributed by atoms with van der Waals surface area (Å²) in [5.74, 6) is -0.767. The number of nitrogens with zero attached hydrogens (tertiary/aromatic N) is 3.